The van der Waals surface area contributed by atoms with Crippen LogP contribution in [0.4, 0.5) is 11.4 Å². The Morgan fingerprint density at radius 3 is 2.83 bits per heavy atom. The zero-order valence-electron chi connectivity index (χ0n) is 13.3. The molecule has 3 aromatic rings. The van der Waals surface area contributed by atoms with E-state index < -0.39 is 0 Å². The normalized spacial score (nSPS) is 13.5. The number of fused-ring (bicyclic) bond motifs is 2. The third-order valence-electron chi connectivity index (χ3n) is 3.93. The van der Waals surface area contributed by atoms with Gasteiger partial charge < -0.3 is 14.6 Å². The van der Waals surface area contributed by atoms with E-state index in [4.69, 9.17) is 9.15 Å². The van der Waals surface area contributed by atoms with Crippen molar-refractivity contribution in [2.24, 2.45) is 0 Å². The van der Waals surface area contributed by atoms with Crippen molar-refractivity contribution < 1.29 is 9.15 Å². The monoisotopic (exact) mass is 310 g/mol. The highest BCUT2D eigenvalue weighted by Crippen LogP contribution is 2.35. The molecule has 0 bridgehead atoms. The first kappa shape index (κ1) is 13.9. The smallest absolute Gasteiger partial charge is 0.227 e. The highest BCUT2D eigenvalue weighted by molar-refractivity contribution is 5.81. The Balaban J connectivity index is 1.74. The summed E-state index contributed by atoms with van der Waals surface area (Å²) in [7, 11) is 1.64. The Labute approximate surface area is 134 Å². The van der Waals surface area contributed by atoms with E-state index >= 15 is 0 Å². The number of hydrogen-bond acceptors (Lipinski definition) is 6. The predicted octanol–water partition coefficient (Wildman–Crippen LogP) is 3.56. The van der Waals surface area contributed by atoms with Crippen LogP contribution in [0.25, 0.3) is 22.6 Å². The van der Waals surface area contributed by atoms with E-state index in [1.165, 1.54) is 0 Å². The summed E-state index contributed by atoms with van der Waals surface area (Å²) >= 11 is 0. The summed E-state index contributed by atoms with van der Waals surface area (Å²) < 4.78 is 11.1. The van der Waals surface area contributed by atoms with Gasteiger partial charge in [0.05, 0.1) is 18.5 Å². The van der Waals surface area contributed by atoms with E-state index in [0.717, 1.165) is 33.8 Å². The van der Waals surface area contributed by atoms with Crippen LogP contribution in [0.15, 0.2) is 40.8 Å². The van der Waals surface area contributed by atoms with Crippen LogP contribution in [0.2, 0.25) is 0 Å². The first-order valence-corrected chi connectivity index (χ1v) is 7.55. The van der Waals surface area contributed by atoms with Crippen LogP contribution in [-0.4, -0.2) is 18.1 Å². The number of methoxy groups -OCH3 is 1. The summed E-state index contributed by atoms with van der Waals surface area (Å²) in [6.45, 7) is 4.26. The zero-order chi connectivity index (χ0) is 16.0. The minimum atomic E-state index is 0.353. The summed E-state index contributed by atoms with van der Waals surface area (Å²) in [4.78, 5) is 4.56. The fraction of sp³-hybridized carbons (Fsp3) is 0.235. The van der Waals surface area contributed by atoms with Gasteiger partial charge in [0.1, 0.15) is 11.3 Å². The number of hydrazine groups is 2. The second-order valence-electron chi connectivity index (χ2n) is 5.79. The third kappa shape index (κ3) is 2.27. The van der Waals surface area contributed by atoms with Crippen molar-refractivity contribution >= 4 is 22.5 Å². The molecule has 0 atom stereocenters. The lowest BCUT2D eigenvalue weighted by atomic mass is 10.1. The zero-order valence-corrected chi connectivity index (χ0v) is 13.3. The Morgan fingerprint density at radius 2 is 2.04 bits per heavy atom. The van der Waals surface area contributed by atoms with Crippen LogP contribution in [0.1, 0.15) is 13.8 Å². The van der Waals surface area contributed by atoms with Gasteiger partial charge in [0.2, 0.25) is 5.89 Å². The largest absolute Gasteiger partial charge is 0.497 e. The lowest BCUT2D eigenvalue weighted by Crippen LogP contribution is -2.41. The Bertz CT molecular complexity index is 872. The highest BCUT2D eigenvalue weighted by atomic mass is 16.5. The molecule has 1 aliphatic heterocycles. The number of ether oxygens (including phenoxy) is 1. The van der Waals surface area contributed by atoms with E-state index in [1.807, 2.05) is 30.3 Å². The number of nitrogens with zero attached hydrogens (tertiary/aromatic N) is 2. The first-order valence-electron chi connectivity index (χ1n) is 7.55. The second-order valence-corrected chi connectivity index (χ2v) is 5.79. The maximum absolute atomic E-state index is 5.86. The van der Waals surface area contributed by atoms with E-state index in [9.17, 15) is 0 Å². The molecule has 0 amide bonds. The topological polar surface area (TPSA) is 62.6 Å². The third-order valence-corrected chi connectivity index (χ3v) is 3.93. The average molecular weight is 310 g/mol. The molecule has 0 unspecified atom stereocenters. The molecular weight excluding hydrogens is 292 g/mol. The van der Waals surface area contributed by atoms with Gasteiger partial charge in [-0.25, -0.2) is 4.98 Å². The van der Waals surface area contributed by atoms with Crippen LogP contribution in [0.3, 0.4) is 0 Å². The van der Waals surface area contributed by atoms with Gasteiger partial charge in [-0.05, 0) is 44.2 Å². The predicted molar refractivity (Wildman–Crippen MR) is 90.4 cm³/mol. The summed E-state index contributed by atoms with van der Waals surface area (Å²) in [6, 6.07) is 12.1. The number of benzene rings is 2. The first-order chi connectivity index (χ1) is 11.2. The molecule has 2 N–H and O–H groups in total. The molecule has 0 saturated heterocycles. The molecule has 0 radical (unpaired) electrons. The van der Waals surface area contributed by atoms with E-state index in [0.29, 0.717) is 11.9 Å². The van der Waals surface area contributed by atoms with E-state index in [1.54, 1.807) is 7.11 Å². The molecule has 23 heavy (non-hydrogen) atoms. The number of rotatable bonds is 3. The minimum Gasteiger partial charge on any atom is -0.497 e. The van der Waals surface area contributed by atoms with Crippen LogP contribution in [0, 0.1) is 0 Å². The molecule has 4 rings (SSSR count). The van der Waals surface area contributed by atoms with Crippen molar-refractivity contribution in [3.8, 4) is 17.2 Å². The van der Waals surface area contributed by atoms with Crippen LogP contribution in [-0.2, 0) is 0 Å². The average Bonchev–Trinajstić information content (AvgIpc) is 3.17. The van der Waals surface area contributed by atoms with Crippen molar-refractivity contribution in [3.63, 3.8) is 0 Å². The Hall–Kier alpha value is -2.73. The van der Waals surface area contributed by atoms with Gasteiger partial charge in [-0.15, -0.1) is 5.53 Å². The van der Waals surface area contributed by atoms with Gasteiger partial charge in [0.25, 0.3) is 0 Å². The van der Waals surface area contributed by atoms with Gasteiger partial charge >= 0.3 is 0 Å². The number of hydrogen-bond donors (Lipinski definition) is 2. The van der Waals surface area contributed by atoms with Crippen molar-refractivity contribution in [2.75, 3.05) is 17.5 Å². The van der Waals surface area contributed by atoms with Gasteiger partial charge in [-0.2, -0.15) is 0 Å². The van der Waals surface area contributed by atoms with Crippen molar-refractivity contribution in [2.45, 2.75) is 19.9 Å². The SMILES string of the molecule is COc1ccc2oc(-c3ccc4c(c3)NNN4C(C)C)nc2c1. The highest BCUT2D eigenvalue weighted by Gasteiger charge is 2.22. The summed E-state index contributed by atoms with van der Waals surface area (Å²) in [5.74, 6) is 1.37. The second kappa shape index (κ2) is 5.17. The number of oxazole rings is 1. The molecule has 0 fully saturated rings. The standard InChI is InChI=1S/C17H18N4O2/c1-10(2)21-15-6-4-11(8-13(15)19-20-21)17-18-14-9-12(22-3)5-7-16(14)23-17/h4-10,19-20H,1-3H3. The van der Waals surface area contributed by atoms with Gasteiger partial charge in [0.15, 0.2) is 5.58 Å². The number of nitrogens with one attached hydrogen (secondary N) is 2. The number of aromatic nitrogens is 1. The molecule has 6 nitrogen and oxygen atoms in total. The molecule has 1 aromatic heterocycles. The molecule has 2 heterocycles. The molecule has 6 heteroatoms. The van der Waals surface area contributed by atoms with Gasteiger partial charge in [-0.1, -0.05) is 0 Å². The van der Waals surface area contributed by atoms with Crippen molar-refractivity contribution in [3.05, 3.63) is 36.4 Å². The molecular formula is C17H18N4O2. The lowest BCUT2D eigenvalue weighted by Gasteiger charge is -2.21. The fourth-order valence-corrected chi connectivity index (χ4v) is 2.72. The van der Waals surface area contributed by atoms with E-state index in [-0.39, 0.29) is 0 Å². The molecule has 1 aliphatic rings. The maximum Gasteiger partial charge on any atom is 0.227 e. The van der Waals surface area contributed by atoms with Crippen LogP contribution >= 0.6 is 0 Å². The van der Waals surface area contributed by atoms with Crippen LogP contribution < -0.4 is 20.7 Å². The maximum atomic E-state index is 5.86. The summed E-state index contributed by atoms with van der Waals surface area (Å²) in [5.41, 5.74) is 10.9. The lowest BCUT2D eigenvalue weighted by molar-refractivity contribution is 0.415. The van der Waals surface area contributed by atoms with Gasteiger partial charge in [0, 0.05) is 17.7 Å². The Kier molecular flexibility index (Phi) is 3.12. The van der Waals surface area contributed by atoms with Gasteiger partial charge in [-0.3, -0.25) is 5.01 Å². The quantitative estimate of drug-likeness (QED) is 0.771. The molecule has 0 aliphatic carbocycles. The van der Waals surface area contributed by atoms with Crippen molar-refractivity contribution in [1.29, 1.82) is 0 Å². The van der Waals surface area contributed by atoms with Crippen molar-refractivity contribution in [1.82, 2.24) is 10.5 Å². The molecule has 118 valence electrons. The molecule has 0 saturated carbocycles. The number of anilines is 2. The molecule has 0 spiro atoms. The molecule has 2 aromatic carbocycles. The minimum absolute atomic E-state index is 0.353. The summed E-state index contributed by atoms with van der Waals surface area (Å²) in [6.07, 6.45) is 0. The Morgan fingerprint density at radius 1 is 1.17 bits per heavy atom. The summed E-state index contributed by atoms with van der Waals surface area (Å²) in [5, 5.41) is 2.08. The van der Waals surface area contributed by atoms with E-state index in [2.05, 4.69) is 40.9 Å². The van der Waals surface area contributed by atoms with Crippen LogP contribution in [0.5, 0.6) is 5.75 Å². The fourth-order valence-electron chi connectivity index (χ4n) is 2.72.